The van der Waals surface area contributed by atoms with Crippen molar-refractivity contribution in [2.24, 2.45) is 0 Å². The van der Waals surface area contributed by atoms with Crippen LogP contribution >= 0.6 is 0 Å². The molecule has 0 spiro atoms. The highest BCUT2D eigenvalue weighted by Crippen LogP contribution is 2.38. The molecule has 0 amide bonds. The second-order valence-electron chi connectivity index (χ2n) is 5.51. The molecule has 1 aliphatic rings. The van der Waals surface area contributed by atoms with Crippen molar-refractivity contribution in [1.29, 1.82) is 0 Å². The Hall–Kier alpha value is -2.11. The lowest BCUT2D eigenvalue weighted by Gasteiger charge is -2.10. The van der Waals surface area contributed by atoms with Gasteiger partial charge in [0.05, 0.1) is 12.7 Å². The molecule has 0 bridgehead atoms. The molecule has 6 heteroatoms. The van der Waals surface area contributed by atoms with Crippen molar-refractivity contribution in [1.82, 2.24) is 19.7 Å². The quantitative estimate of drug-likeness (QED) is 0.818. The minimum absolute atomic E-state index is 0.554. The Morgan fingerprint density at radius 2 is 2.00 bits per heavy atom. The van der Waals surface area contributed by atoms with Gasteiger partial charge < -0.3 is 10.6 Å². The van der Waals surface area contributed by atoms with Gasteiger partial charge >= 0.3 is 0 Å². The number of hydrogen-bond acceptors (Lipinski definition) is 5. The van der Waals surface area contributed by atoms with Crippen molar-refractivity contribution in [3.05, 3.63) is 29.8 Å². The fraction of sp³-hybridized carbons (Fsp3) is 0.533. The van der Waals surface area contributed by atoms with Crippen molar-refractivity contribution in [2.75, 3.05) is 23.7 Å². The van der Waals surface area contributed by atoms with Crippen molar-refractivity contribution in [2.45, 2.75) is 39.2 Å². The van der Waals surface area contributed by atoms with Gasteiger partial charge in [-0.25, -0.2) is 9.97 Å². The fourth-order valence-electron chi connectivity index (χ4n) is 2.24. The monoisotopic (exact) mass is 286 g/mol. The van der Waals surface area contributed by atoms with Gasteiger partial charge in [0.25, 0.3) is 0 Å². The highest BCUT2D eigenvalue weighted by atomic mass is 15.3. The molecule has 1 fully saturated rings. The van der Waals surface area contributed by atoms with E-state index in [0.29, 0.717) is 5.92 Å². The van der Waals surface area contributed by atoms with Gasteiger partial charge in [0, 0.05) is 31.3 Å². The van der Waals surface area contributed by atoms with Gasteiger partial charge in [-0.05, 0) is 32.3 Å². The molecule has 0 saturated heterocycles. The molecule has 1 aliphatic carbocycles. The molecule has 6 nitrogen and oxygen atoms in total. The molecule has 21 heavy (non-hydrogen) atoms. The Morgan fingerprint density at radius 3 is 2.62 bits per heavy atom. The summed E-state index contributed by atoms with van der Waals surface area (Å²) in [7, 11) is 0. The third-order valence-electron chi connectivity index (χ3n) is 3.45. The van der Waals surface area contributed by atoms with Crippen LogP contribution in [0.3, 0.4) is 0 Å². The minimum atomic E-state index is 0.554. The smallest absolute Gasteiger partial charge is 0.136 e. The zero-order valence-corrected chi connectivity index (χ0v) is 12.6. The van der Waals surface area contributed by atoms with E-state index in [1.807, 2.05) is 30.1 Å². The molecule has 0 unspecified atom stereocenters. The van der Waals surface area contributed by atoms with Crippen molar-refractivity contribution < 1.29 is 0 Å². The standard InChI is InChI=1S/C15H22N6/c1-3-16-13-8-14(20-15(19-13)12-4-5-12)17-6-7-21-10-11(2)9-18-21/h8-10,12H,3-7H2,1-2H3,(H2,16,17,19,20). The maximum absolute atomic E-state index is 4.62. The number of nitrogens with zero attached hydrogens (tertiary/aromatic N) is 4. The Morgan fingerprint density at radius 1 is 1.24 bits per heavy atom. The van der Waals surface area contributed by atoms with E-state index in [9.17, 15) is 0 Å². The van der Waals surface area contributed by atoms with Gasteiger partial charge in [0.1, 0.15) is 17.5 Å². The Labute approximate surface area is 125 Å². The van der Waals surface area contributed by atoms with Crippen LogP contribution in [-0.2, 0) is 6.54 Å². The molecule has 0 radical (unpaired) electrons. The predicted molar refractivity (Wildman–Crippen MR) is 83.6 cm³/mol. The summed E-state index contributed by atoms with van der Waals surface area (Å²) in [6.07, 6.45) is 6.34. The largest absolute Gasteiger partial charge is 0.370 e. The second-order valence-corrected chi connectivity index (χ2v) is 5.51. The van der Waals surface area contributed by atoms with E-state index in [2.05, 4.69) is 32.6 Å². The average Bonchev–Trinajstić information content (AvgIpc) is 3.23. The van der Waals surface area contributed by atoms with Gasteiger partial charge in [-0.15, -0.1) is 0 Å². The molecule has 3 rings (SSSR count). The van der Waals surface area contributed by atoms with Gasteiger partial charge in [-0.1, -0.05) is 0 Å². The highest BCUT2D eigenvalue weighted by molar-refractivity contribution is 5.48. The first-order valence-electron chi connectivity index (χ1n) is 7.60. The molecule has 112 valence electrons. The maximum atomic E-state index is 4.62. The van der Waals surface area contributed by atoms with Crippen LogP contribution in [0.5, 0.6) is 0 Å². The molecule has 0 atom stereocenters. The Balaban J connectivity index is 1.63. The minimum Gasteiger partial charge on any atom is -0.370 e. The average molecular weight is 286 g/mol. The Bertz CT molecular complexity index is 602. The summed E-state index contributed by atoms with van der Waals surface area (Å²) >= 11 is 0. The van der Waals surface area contributed by atoms with Crippen LogP contribution in [0.2, 0.25) is 0 Å². The lowest BCUT2D eigenvalue weighted by Crippen LogP contribution is -2.13. The first kappa shape index (κ1) is 13.9. The number of aryl methyl sites for hydroxylation is 1. The predicted octanol–water partition coefficient (Wildman–Crippen LogP) is 2.40. The summed E-state index contributed by atoms with van der Waals surface area (Å²) in [5.74, 6) is 3.32. The van der Waals surface area contributed by atoms with Crippen LogP contribution in [0.1, 0.15) is 37.1 Å². The SMILES string of the molecule is CCNc1cc(NCCn2cc(C)cn2)nc(C2CC2)n1. The first-order valence-corrected chi connectivity index (χ1v) is 7.60. The van der Waals surface area contributed by atoms with Gasteiger partial charge in [-0.2, -0.15) is 5.10 Å². The summed E-state index contributed by atoms with van der Waals surface area (Å²) in [6.45, 7) is 6.62. The molecule has 2 aromatic heterocycles. The zero-order chi connectivity index (χ0) is 14.7. The summed E-state index contributed by atoms with van der Waals surface area (Å²) < 4.78 is 1.94. The van der Waals surface area contributed by atoms with E-state index in [1.54, 1.807) is 0 Å². The summed E-state index contributed by atoms with van der Waals surface area (Å²) in [5, 5.41) is 10.9. The molecule has 0 aromatic carbocycles. The summed E-state index contributed by atoms with van der Waals surface area (Å²) in [4.78, 5) is 9.20. The molecule has 2 aromatic rings. The van der Waals surface area contributed by atoms with E-state index >= 15 is 0 Å². The third kappa shape index (κ3) is 3.71. The van der Waals surface area contributed by atoms with Crippen LogP contribution in [0.4, 0.5) is 11.6 Å². The maximum Gasteiger partial charge on any atom is 0.136 e. The number of aromatic nitrogens is 4. The van der Waals surface area contributed by atoms with Crippen molar-refractivity contribution in [3.63, 3.8) is 0 Å². The van der Waals surface area contributed by atoms with Crippen molar-refractivity contribution in [3.8, 4) is 0 Å². The molecule has 2 heterocycles. The fourth-order valence-corrected chi connectivity index (χ4v) is 2.24. The van der Waals surface area contributed by atoms with Crippen molar-refractivity contribution >= 4 is 11.6 Å². The van der Waals surface area contributed by atoms with E-state index in [1.165, 1.54) is 18.4 Å². The van der Waals surface area contributed by atoms with E-state index < -0.39 is 0 Å². The van der Waals surface area contributed by atoms with Crippen LogP contribution in [0.25, 0.3) is 0 Å². The zero-order valence-electron chi connectivity index (χ0n) is 12.6. The van der Waals surface area contributed by atoms with Crippen LogP contribution in [0, 0.1) is 6.92 Å². The molecular weight excluding hydrogens is 264 g/mol. The lowest BCUT2D eigenvalue weighted by atomic mass is 10.3. The number of nitrogens with one attached hydrogen (secondary N) is 2. The molecule has 2 N–H and O–H groups in total. The second kappa shape index (κ2) is 6.11. The van der Waals surface area contributed by atoms with Gasteiger partial charge in [0.2, 0.25) is 0 Å². The normalized spacial score (nSPS) is 14.2. The van der Waals surface area contributed by atoms with Crippen LogP contribution in [-0.4, -0.2) is 32.8 Å². The molecule has 0 aliphatic heterocycles. The first-order chi connectivity index (χ1) is 10.2. The number of rotatable bonds is 7. The molecule has 1 saturated carbocycles. The van der Waals surface area contributed by atoms with E-state index in [4.69, 9.17) is 0 Å². The third-order valence-corrected chi connectivity index (χ3v) is 3.45. The number of hydrogen-bond donors (Lipinski definition) is 2. The van der Waals surface area contributed by atoms with Gasteiger partial charge in [0.15, 0.2) is 0 Å². The lowest BCUT2D eigenvalue weighted by molar-refractivity contribution is 0.636. The molecular formula is C15H22N6. The highest BCUT2D eigenvalue weighted by Gasteiger charge is 2.27. The van der Waals surface area contributed by atoms with Crippen LogP contribution in [0.15, 0.2) is 18.5 Å². The van der Waals surface area contributed by atoms with E-state index in [-0.39, 0.29) is 0 Å². The van der Waals surface area contributed by atoms with Crippen LogP contribution < -0.4 is 10.6 Å². The topological polar surface area (TPSA) is 67.7 Å². The van der Waals surface area contributed by atoms with Gasteiger partial charge in [-0.3, -0.25) is 4.68 Å². The number of anilines is 2. The summed E-state index contributed by atoms with van der Waals surface area (Å²) in [6, 6.07) is 1.98. The Kier molecular flexibility index (Phi) is 4.03. The summed E-state index contributed by atoms with van der Waals surface area (Å²) in [5.41, 5.74) is 1.18. The van der Waals surface area contributed by atoms with E-state index in [0.717, 1.165) is 37.1 Å².